The van der Waals surface area contributed by atoms with Gasteiger partial charge in [-0.05, 0) is 26.0 Å². The molecule has 0 saturated heterocycles. The summed E-state index contributed by atoms with van der Waals surface area (Å²) in [5.74, 6) is 0. The number of hydrogen-bond acceptors (Lipinski definition) is 1. The lowest BCUT2D eigenvalue weighted by Gasteiger charge is -1.82. The summed E-state index contributed by atoms with van der Waals surface area (Å²) >= 11 is 0. The molecule has 0 amide bonds. The Balaban J connectivity index is 0. The van der Waals surface area contributed by atoms with Crippen LogP contribution in [0.25, 0.3) is 0 Å². The maximum Gasteiger partial charge on any atom is 0.0366 e. The average Bonchev–Trinajstić information content (AvgIpc) is 2.25. The lowest BCUT2D eigenvalue weighted by atomic mass is 10.4. The van der Waals surface area contributed by atoms with Gasteiger partial charge in [0.05, 0.1) is 0 Å². The van der Waals surface area contributed by atoms with Crippen molar-refractivity contribution in [1.82, 2.24) is 0 Å². The van der Waals surface area contributed by atoms with E-state index in [1.807, 2.05) is 58.1 Å². The van der Waals surface area contributed by atoms with Crippen molar-refractivity contribution in [2.75, 3.05) is 0 Å². The van der Waals surface area contributed by atoms with E-state index in [2.05, 4.69) is 11.6 Å². The second kappa shape index (κ2) is 14.2. The molecule has 0 bridgehead atoms. The molecule has 0 aliphatic heterocycles. The van der Waals surface area contributed by atoms with Crippen LogP contribution in [0.5, 0.6) is 0 Å². The van der Waals surface area contributed by atoms with Gasteiger partial charge in [0.25, 0.3) is 0 Å². The van der Waals surface area contributed by atoms with Gasteiger partial charge in [0.15, 0.2) is 0 Å². The quantitative estimate of drug-likeness (QED) is 0.464. The highest BCUT2D eigenvalue weighted by Gasteiger charge is 1.72. The molecular weight excluding hydrogens is 170 g/mol. The largest absolute Gasteiger partial charge is 0.262 e. The molecule has 0 saturated carbocycles. The van der Waals surface area contributed by atoms with Gasteiger partial charge in [-0.1, -0.05) is 44.7 Å². The summed E-state index contributed by atoms with van der Waals surface area (Å²) in [5, 5.41) is 0. The van der Waals surface area contributed by atoms with Crippen LogP contribution in [-0.4, -0.2) is 5.71 Å². The summed E-state index contributed by atoms with van der Waals surface area (Å²) < 4.78 is 0. The van der Waals surface area contributed by atoms with Crippen LogP contribution in [0.2, 0.25) is 0 Å². The molecule has 0 aliphatic rings. The maximum atomic E-state index is 4.08. The molecule has 0 heterocycles. The first-order valence-electron chi connectivity index (χ1n) is 4.92. The Bertz CT molecular complexity index is 230. The van der Waals surface area contributed by atoms with Gasteiger partial charge in [0.1, 0.15) is 0 Å². The smallest absolute Gasteiger partial charge is 0.0366 e. The summed E-state index contributed by atoms with van der Waals surface area (Å²) in [6.45, 7) is 11.5. The Hall–Kier alpha value is -1.37. The van der Waals surface area contributed by atoms with Gasteiger partial charge >= 0.3 is 0 Å². The molecule has 1 heteroatoms. The van der Waals surface area contributed by atoms with Crippen molar-refractivity contribution in [3.63, 3.8) is 0 Å². The van der Waals surface area contributed by atoms with Gasteiger partial charge in [-0.25, -0.2) is 0 Å². The topological polar surface area (TPSA) is 12.4 Å². The van der Waals surface area contributed by atoms with E-state index in [4.69, 9.17) is 0 Å². The van der Waals surface area contributed by atoms with Crippen LogP contribution in [0.15, 0.2) is 54.2 Å². The van der Waals surface area contributed by atoms with Crippen LogP contribution < -0.4 is 0 Å². The van der Waals surface area contributed by atoms with E-state index in [0.29, 0.717) is 0 Å². The zero-order valence-corrected chi connectivity index (χ0v) is 9.70. The Kier molecular flexibility index (Phi) is 15.3. The fourth-order valence-electron chi connectivity index (χ4n) is 0.502. The van der Waals surface area contributed by atoms with Crippen molar-refractivity contribution in [3.8, 4) is 0 Å². The third kappa shape index (κ3) is 13.2. The van der Waals surface area contributed by atoms with E-state index < -0.39 is 0 Å². The van der Waals surface area contributed by atoms with E-state index in [9.17, 15) is 0 Å². The lowest BCUT2D eigenvalue weighted by molar-refractivity contribution is 1.50. The Labute approximate surface area is 88.3 Å². The van der Waals surface area contributed by atoms with E-state index in [-0.39, 0.29) is 0 Å². The molecule has 14 heavy (non-hydrogen) atoms. The number of nitrogens with zero attached hydrogens (tertiary/aromatic N) is 1. The highest BCUT2D eigenvalue weighted by Crippen LogP contribution is 1.83. The Morgan fingerprint density at radius 1 is 1.07 bits per heavy atom. The molecule has 0 aliphatic carbocycles. The minimum absolute atomic E-state index is 0.922. The van der Waals surface area contributed by atoms with Gasteiger partial charge in [-0.15, -0.1) is 0 Å². The van der Waals surface area contributed by atoms with Crippen LogP contribution in [0, 0.1) is 0 Å². The molecule has 0 fully saturated rings. The fraction of sp³-hybridized carbons (Fsp3) is 0.308. The summed E-state index contributed by atoms with van der Waals surface area (Å²) in [6, 6.07) is 0. The van der Waals surface area contributed by atoms with E-state index >= 15 is 0 Å². The van der Waals surface area contributed by atoms with Gasteiger partial charge in [0, 0.05) is 11.9 Å². The molecular formula is C13H21N. The molecule has 0 radical (unpaired) electrons. The SMILES string of the molecule is C=CC(C)=N\C=C/C=C/C=C\C.CC. The average molecular weight is 191 g/mol. The van der Waals surface area contributed by atoms with E-state index in [1.54, 1.807) is 12.3 Å². The normalized spacial score (nSPS) is 12.1. The van der Waals surface area contributed by atoms with E-state index in [1.165, 1.54) is 0 Å². The summed E-state index contributed by atoms with van der Waals surface area (Å²) in [5.41, 5.74) is 0.922. The molecule has 0 unspecified atom stereocenters. The molecule has 0 atom stereocenters. The molecule has 1 nitrogen and oxygen atoms in total. The van der Waals surface area contributed by atoms with Crippen LogP contribution in [-0.2, 0) is 0 Å². The monoisotopic (exact) mass is 191 g/mol. The first kappa shape index (κ1) is 15.1. The predicted octanol–water partition coefficient (Wildman–Crippen LogP) is 4.31. The number of aliphatic imine (C=N–C) groups is 1. The van der Waals surface area contributed by atoms with Gasteiger partial charge in [-0.3, -0.25) is 4.99 Å². The van der Waals surface area contributed by atoms with Crippen molar-refractivity contribution < 1.29 is 0 Å². The Morgan fingerprint density at radius 3 is 2.14 bits per heavy atom. The third-order valence-electron chi connectivity index (χ3n) is 1.19. The lowest BCUT2D eigenvalue weighted by Crippen LogP contribution is -1.78. The molecule has 0 rings (SSSR count). The van der Waals surface area contributed by atoms with E-state index in [0.717, 1.165) is 5.71 Å². The molecule has 0 spiro atoms. The molecule has 0 aromatic heterocycles. The Morgan fingerprint density at radius 2 is 1.64 bits per heavy atom. The van der Waals surface area contributed by atoms with Crippen molar-refractivity contribution in [3.05, 3.63) is 49.2 Å². The van der Waals surface area contributed by atoms with Gasteiger partial charge in [-0.2, -0.15) is 0 Å². The summed E-state index contributed by atoms with van der Waals surface area (Å²) in [7, 11) is 0. The van der Waals surface area contributed by atoms with Crippen molar-refractivity contribution >= 4 is 5.71 Å². The number of hydrogen-bond donors (Lipinski definition) is 0. The number of rotatable bonds is 4. The summed E-state index contributed by atoms with van der Waals surface area (Å²) in [4.78, 5) is 4.08. The first-order chi connectivity index (χ1) is 6.81. The summed E-state index contributed by atoms with van der Waals surface area (Å²) in [6.07, 6.45) is 13.2. The maximum absolute atomic E-state index is 4.08. The van der Waals surface area contributed by atoms with Crippen LogP contribution >= 0.6 is 0 Å². The highest BCUT2D eigenvalue weighted by atomic mass is 14.7. The van der Waals surface area contributed by atoms with Crippen molar-refractivity contribution in [1.29, 1.82) is 0 Å². The first-order valence-corrected chi connectivity index (χ1v) is 4.92. The standard InChI is InChI=1S/C11H15N.C2H6/c1-4-6-7-8-9-10-12-11(3)5-2;1-2/h4-10H,2H2,1,3H3;1-2H3/b6-4-,8-7+,10-9-,12-11?;. The molecule has 78 valence electrons. The minimum Gasteiger partial charge on any atom is -0.262 e. The predicted molar refractivity (Wildman–Crippen MR) is 67.7 cm³/mol. The fourth-order valence-corrected chi connectivity index (χ4v) is 0.502. The minimum atomic E-state index is 0.922. The van der Waals surface area contributed by atoms with Crippen molar-refractivity contribution in [2.24, 2.45) is 4.99 Å². The van der Waals surface area contributed by atoms with Gasteiger partial charge in [0.2, 0.25) is 0 Å². The van der Waals surface area contributed by atoms with Crippen LogP contribution in [0.3, 0.4) is 0 Å². The van der Waals surface area contributed by atoms with Gasteiger partial charge < -0.3 is 0 Å². The molecule has 0 aromatic rings. The highest BCUT2D eigenvalue weighted by molar-refractivity contribution is 5.92. The molecule has 0 N–H and O–H groups in total. The second-order valence-electron chi connectivity index (χ2n) is 2.23. The van der Waals surface area contributed by atoms with Crippen LogP contribution in [0.1, 0.15) is 27.7 Å². The van der Waals surface area contributed by atoms with Crippen LogP contribution in [0.4, 0.5) is 0 Å². The van der Waals surface area contributed by atoms with Crippen molar-refractivity contribution in [2.45, 2.75) is 27.7 Å². The zero-order valence-electron chi connectivity index (χ0n) is 9.70. The molecule has 0 aromatic carbocycles. The zero-order chi connectivity index (χ0) is 11.2. The third-order valence-corrected chi connectivity index (χ3v) is 1.19. The second-order valence-corrected chi connectivity index (χ2v) is 2.23. The number of allylic oxidation sites excluding steroid dienone is 6.